The van der Waals surface area contributed by atoms with Crippen LogP contribution in [0.15, 0.2) is 28.7 Å². The fraction of sp³-hybridized carbons (Fsp3) is 0.500. The van der Waals surface area contributed by atoms with Crippen molar-refractivity contribution in [1.82, 2.24) is 4.90 Å². The van der Waals surface area contributed by atoms with Gasteiger partial charge in [-0.15, -0.1) is 0 Å². The molecule has 5 rings (SSSR count). The van der Waals surface area contributed by atoms with E-state index in [9.17, 15) is 5.11 Å². The summed E-state index contributed by atoms with van der Waals surface area (Å²) < 4.78 is 11.3. The highest BCUT2D eigenvalue weighted by Gasteiger charge is 2.48. The van der Waals surface area contributed by atoms with Crippen LogP contribution in [0.1, 0.15) is 18.6 Å². The summed E-state index contributed by atoms with van der Waals surface area (Å²) in [6.45, 7) is 2.87. The van der Waals surface area contributed by atoms with Crippen LogP contribution in [-0.2, 0) is 5.60 Å². The number of ether oxygens (including phenoxy) is 1. The van der Waals surface area contributed by atoms with Gasteiger partial charge in [-0.3, -0.25) is 4.90 Å². The van der Waals surface area contributed by atoms with Crippen LogP contribution in [0.25, 0.3) is 11.0 Å². The Morgan fingerprint density at radius 1 is 1.35 bits per heavy atom. The molecule has 4 heterocycles. The number of fused-ring (bicyclic) bond motifs is 4. The molecule has 3 aliphatic heterocycles. The lowest BCUT2D eigenvalue weighted by atomic mass is 9.74. The summed E-state index contributed by atoms with van der Waals surface area (Å²) in [5, 5.41) is 12.1. The summed E-state index contributed by atoms with van der Waals surface area (Å²) in [5.74, 6) is 1.71. The SMILES string of the molecule is COc1cccc2cc(C3(O)CN4CCC3CC4)oc12. The minimum Gasteiger partial charge on any atom is -0.493 e. The van der Waals surface area contributed by atoms with Crippen molar-refractivity contribution in [3.63, 3.8) is 0 Å². The number of hydrogen-bond acceptors (Lipinski definition) is 4. The number of para-hydroxylation sites is 1. The van der Waals surface area contributed by atoms with Gasteiger partial charge in [-0.05, 0) is 44.0 Å². The molecule has 1 N–H and O–H groups in total. The second-order valence-electron chi connectivity index (χ2n) is 5.96. The van der Waals surface area contributed by atoms with Crippen molar-refractivity contribution in [2.24, 2.45) is 5.92 Å². The number of benzene rings is 1. The third-order valence-corrected chi connectivity index (χ3v) is 4.88. The van der Waals surface area contributed by atoms with Crippen LogP contribution in [0.3, 0.4) is 0 Å². The smallest absolute Gasteiger partial charge is 0.176 e. The number of furan rings is 1. The second-order valence-corrected chi connectivity index (χ2v) is 5.96. The zero-order chi connectivity index (χ0) is 13.7. The van der Waals surface area contributed by atoms with Crippen molar-refractivity contribution >= 4 is 11.0 Å². The number of piperidine rings is 3. The zero-order valence-electron chi connectivity index (χ0n) is 11.6. The molecule has 1 unspecified atom stereocenters. The van der Waals surface area contributed by atoms with E-state index >= 15 is 0 Å². The summed E-state index contributed by atoms with van der Waals surface area (Å²) in [6, 6.07) is 7.80. The van der Waals surface area contributed by atoms with Crippen LogP contribution in [0.2, 0.25) is 0 Å². The van der Waals surface area contributed by atoms with E-state index in [1.807, 2.05) is 24.3 Å². The van der Waals surface area contributed by atoms with E-state index in [0.29, 0.717) is 18.2 Å². The van der Waals surface area contributed by atoms with E-state index in [2.05, 4.69) is 4.90 Å². The molecule has 0 aliphatic carbocycles. The molecule has 106 valence electrons. The molecule has 0 saturated carbocycles. The van der Waals surface area contributed by atoms with Gasteiger partial charge in [-0.25, -0.2) is 0 Å². The highest BCUT2D eigenvalue weighted by molar-refractivity contribution is 5.83. The van der Waals surface area contributed by atoms with Gasteiger partial charge in [0.15, 0.2) is 11.3 Å². The topological polar surface area (TPSA) is 45.8 Å². The number of aliphatic hydroxyl groups is 1. The maximum absolute atomic E-state index is 11.1. The Kier molecular flexibility index (Phi) is 2.59. The highest BCUT2D eigenvalue weighted by Crippen LogP contribution is 2.44. The zero-order valence-corrected chi connectivity index (χ0v) is 11.6. The molecule has 4 nitrogen and oxygen atoms in total. The van der Waals surface area contributed by atoms with Crippen molar-refractivity contribution < 1.29 is 14.3 Å². The lowest BCUT2D eigenvalue weighted by molar-refractivity contribution is -0.128. The monoisotopic (exact) mass is 273 g/mol. The minimum atomic E-state index is -0.847. The lowest BCUT2D eigenvalue weighted by Gasteiger charge is -2.49. The minimum absolute atomic E-state index is 0.305. The van der Waals surface area contributed by atoms with Crippen molar-refractivity contribution in [3.8, 4) is 5.75 Å². The molecule has 0 radical (unpaired) electrons. The van der Waals surface area contributed by atoms with Crippen LogP contribution in [0.5, 0.6) is 5.75 Å². The van der Waals surface area contributed by atoms with Gasteiger partial charge >= 0.3 is 0 Å². The predicted molar refractivity (Wildman–Crippen MR) is 75.8 cm³/mol. The van der Waals surface area contributed by atoms with Crippen LogP contribution < -0.4 is 4.74 Å². The predicted octanol–water partition coefficient (Wildman–Crippen LogP) is 2.35. The Balaban J connectivity index is 1.82. The van der Waals surface area contributed by atoms with Crippen LogP contribution in [0.4, 0.5) is 0 Å². The third-order valence-electron chi connectivity index (χ3n) is 4.88. The average Bonchev–Trinajstić information content (AvgIpc) is 2.93. The first-order valence-corrected chi connectivity index (χ1v) is 7.22. The van der Waals surface area contributed by atoms with Gasteiger partial charge < -0.3 is 14.3 Å². The molecule has 2 aromatic rings. The van der Waals surface area contributed by atoms with E-state index in [1.54, 1.807) is 7.11 Å². The largest absolute Gasteiger partial charge is 0.493 e. The van der Waals surface area contributed by atoms with Crippen molar-refractivity contribution in [2.75, 3.05) is 26.7 Å². The molecule has 20 heavy (non-hydrogen) atoms. The van der Waals surface area contributed by atoms with Gasteiger partial charge in [0, 0.05) is 11.9 Å². The number of methoxy groups -OCH3 is 1. The van der Waals surface area contributed by atoms with E-state index in [1.165, 1.54) is 0 Å². The van der Waals surface area contributed by atoms with Crippen molar-refractivity contribution in [2.45, 2.75) is 18.4 Å². The molecule has 4 heteroatoms. The second kappa shape index (κ2) is 4.24. The molecule has 3 saturated heterocycles. The van der Waals surface area contributed by atoms with E-state index in [0.717, 1.165) is 42.6 Å². The van der Waals surface area contributed by atoms with Gasteiger partial charge in [0.25, 0.3) is 0 Å². The van der Waals surface area contributed by atoms with Gasteiger partial charge in [-0.1, -0.05) is 12.1 Å². The first-order chi connectivity index (χ1) is 9.70. The Bertz CT molecular complexity index is 642. The molecule has 2 bridgehead atoms. The normalized spacial score (nSPS) is 32.7. The van der Waals surface area contributed by atoms with Gasteiger partial charge in [-0.2, -0.15) is 0 Å². The number of rotatable bonds is 2. The van der Waals surface area contributed by atoms with Crippen LogP contribution in [-0.4, -0.2) is 36.8 Å². The first-order valence-electron chi connectivity index (χ1n) is 7.22. The first kappa shape index (κ1) is 12.2. The number of hydrogen-bond donors (Lipinski definition) is 1. The van der Waals surface area contributed by atoms with E-state index < -0.39 is 5.60 Å². The molecule has 3 aliphatic rings. The molecular formula is C16H19NO3. The van der Waals surface area contributed by atoms with Gasteiger partial charge in [0.05, 0.1) is 7.11 Å². The summed E-state index contributed by atoms with van der Waals surface area (Å²) in [6.07, 6.45) is 2.09. The fourth-order valence-corrected chi connectivity index (χ4v) is 3.73. The standard InChI is InChI=1S/C16H19NO3/c1-19-13-4-2-3-11-9-14(20-15(11)13)16(18)10-17-7-5-12(16)6-8-17/h2-4,9,12,18H,5-8,10H2,1H3. The maximum atomic E-state index is 11.1. The average molecular weight is 273 g/mol. The quantitative estimate of drug-likeness (QED) is 0.912. The highest BCUT2D eigenvalue weighted by atomic mass is 16.5. The Morgan fingerprint density at radius 2 is 2.15 bits per heavy atom. The van der Waals surface area contributed by atoms with Gasteiger partial charge in [0.2, 0.25) is 0 Å². The Morgan fingerprint density at radius 3 is 2.80 bits per heavy atom. The fourth-order valence-electron chi connectivity index (χ4n) is 3.73. The summed E-state index contributed by atoms with van der Waals surface area (Å²) in [4.78, 5) is 2.32. The third kappa shape index (κ3) is 1.61. The van der Waals surface area contributed by atoms with Crippen LogP contribution >= 0.6 is 0 Å². The molecule has 0 amide bonds. The van der Waals surface area contributed by atoms with Crippen molar-refractivity contribution in [3.05, 3.63) is 30.0 Å². The van der Waals surface area contributed by atoms with Crippen molar-refractivity contribution in [1.29, 1.82) is 0 Å². The molecule has 0 spiro atoms. The summed E-state index contributed by atoms with van der Waals surface area (Å²) >= 11 is 0. The molecule has 3 fully saturated rings. The Labute approximate surface area is 117 Å². The van der Waals surface area contributed by atoms with E-state index in [-0.39, 0.29) is 0 Å². The molecule has 1 aromatic carbocycles. The molecular weight excluding hydrogens is 254 g/mol. The maximum Gasteiger partial charge on any atom is 0.176 e. The molecule has 1 aromatic heterocycles. The lowest BCUT2D eigenvalue weighted by Crippen LogP contribution is -2.56. The van der Waals surface area contributed by atoms with Gasteiger partial charge in [0.1, 0.15) is 11.4 Å². The summed E-state index contributed by atoms with van der Waals surface area (Å²) in [5.41, 5.74) is -0.115. The van der Waals surface area contributed by atoms with E-state index in [4.69, 9.17) is 9.15 Å². The molecule has 1 atom stereocenters. The van der Waals surface area contributed by atoms with Crippen LogP contribution in [0, 0.1) is 5.92 Å². The number of nitrogens with zero attached hydrogens (tertiary/aromatic N) is 1. The summed E-state index contributed by atoms with van der Waals surface area (Å²) in [7, 11) is 1.64. The Hall–Kier alpha value is -1.52.